The van der Waals surface area contributed by atoms with Gasteiger partial charge < -0.3 is 19.5 Å². The van der Waals surface area contributed by atoms with Crippen LogP contribution < -0.4 is 4.74 Å². The molecule has 2 aromatic rings. The maximum absolute atomic E-state index is 13.8. The Labute approximate surface area is 218 Å². The number of piperidine rings is 1. The minimum atomic E-state index is -4.16. The Morgan fingerprint density at radius 1 is 0.892 bits per heavy atom. The van der Waals surface area contributed by atoms with E-state index in [4.69, 9.17) is 9.47 Å². The minimum Gasteiger partial charge on any atom is -0.497 e. The molecule has 2 fully saturated rings. The normalized spacial score (nSPS) is 21.6. The topological polar surface area (TPSA) is 110 Å². The van der Waals surface area contributed by atoms with Crippen LogP contribution in [0.4, 0.5) is 4.79 Å². The van der Waals surface area contributed by atoms with Crippen LogP contribution in [0.5, 0.6) is 5.75 Å². The molecule has 2 aliphatic rings. The lowest BCUT2D eigenvalue weighted by Crippen LogP contribution is -2.48. The van der Waals surface area contributed by atoms with Gasteiger partial charge in [-0.25, -0.2) is 13.2 Å². The van der Waals surface area contributed by atoms with Gasteiger partial charge in [-0.3, -0.25) is 4.79 Å². The number of carboxylic acid groups (broad SMARTS) is 1. The van der Waals surface area contributed by atoms with E-state index in [0.717, 1.165) is 16.9 Å². The number of carboxylic acids is 1. The molecule has 1 heterocycles. The van der Waals surface area contributed by atoms with E-state index < -0.39 is 37.7 Å². The third-order valence-corrected chi connectivity index (χ3v) is 10.1. The van der Waals surface area contributed by atoms with Crippen molar-refractivity contribution in [3.8, 4) is 16.9 Å². The van der Waals surface area contributed by atoms with Crippen LogP contribution in [0.2, 0.25) is 0 Å². The summed E-state index contributed by atoms with van der Waals surface area (Å²) >= 11 is 0. The lowest BCUT2D eigenvalue weighted by molar-refractivity contribution is -0.140. The molecule has 8 nitrogen and oxygen atoms in total. The molecule has 1 aliphatic heterocycles. The zero-order valence-corrected chi connectivity index (χ0v) is 22.6. The van der Waals surface area contributed by atoms with Crippen molar-refractivity contribution in [2.45, 2.75) is 68.1 Å². The summed E-state index contributed by atoms with van der Waals surface area (Å²) in [7, 11) is -2.58. The molecule has 0 bridgehead atoms. The number of aliphatic carboxylic acids is 1. The van der Waals surface area contributed by atoms with Crippen LogP contribution in [-0.4, -0.2) is 61.0 Å². The van der Waals surface area contributed by atoms with Gasteiger partial charge in [0.15, 0.2) is 14.6 Å². The van der Waals surface area contributed by atoms with Gasteiger partial charge in [-0.05, 0) is 93.7 Å². The van der Waals surface area contributed by atoms with Crippen LogP contribution in [-0.2, 0) is 19.4 Å². The maximum Gasteiger partial charge on any atom is 0.410 e. The summed E-state index contributed by atoms with van der Waals surface area (Å²) in [4.78, 5) is 26.7. The third kappa shape index (κ3) is 5.19. The van der Waals surface area contributed by atoms with Crippen molar-refractivity contribution in [1.82, 2.24) is 4.90 Å². The maximum atomic E-state index is 13.8. The fourth-order valence-electron chi connectivity index (χ4n) is 5.53. The summed E-state index contributed by atoms with van der Waals surface area (Å²) in [5.74, 6) is -0.586. The van der Waals surface area contributed by atoms with Crippen molar-refractivity contribution in [1.29, 1.82) is 0 Å². The van der Waals surface area contributed by atoms with Gasteiger partial charge in [0.2, 0.25) is 0 Å². The second-order valence-electron chi connectivity index (χ2n) is 11.2. The number of methoxy groups -OCH3 is 1. The first-order chi connectivity index (χ1) is 17.3. The van der Waals surface area contributed by atoms with E-state index in [1.165, 1.54) is 12.1 Å². The highest BCUT2D eigenvalue weighted by Crippen LogP contribution is 2.55. The molecule has 1 atom stereocenters. The molecule has 1 saturated heterocycles. The van der Waals surface area contributed by atoms with Gasteiger partial charge in [0.05, 0.1) is 12.0 Å². The Balaban J connectivity index is 1.53. The average Bonchev–Trinajstić information content (AvgIpc) is 3.24. The van der Waals surface area contributed by atoms with Gasteiger partial charge in [-0.2, -0.15) is 0 Å². The fraction of sp³-hybridized carbons (Fsp3) is 0.500. The molecule has 1 saturated carbocycles. The van der Waals surface area contributed by atoms with Crippen molar-refractivity contribution in [2.24, 2.45) is 5.41 Å². The number of nitrogens with zero attached hydrogens (tertiary/aromatic N) is 1. The molecule has 9 heteroatoms. The Bertz CT molecular complexity index is 1260. The largest absolute Gasteiger partial charge is 0.497 e. The summed E-state index contributed by atoms with van der Waals surface area (Å²) in [5, 5.41) is 10.2. The predicted octanol–water partition coefficient (Wildman–Crippen LogP) is 5.16. The Morgan fingerprint density at radius 3 is 1.92 bits per heavy atom. The molecule has 0 aromatic heterocycles. The number of amides is 1. The minimum absolute atomic E-state index is 0.00963. The van der Waals surface area contributed by atoms with Crippen molar-refractivity contribution < 1.29 is 32.6 Å². The number of rotatable bonds is 5. The first-order valence-electron chi connectivity index (χ1n) is 12.5. The zero-order chi connectivity index (χ0) is 27.1. The Kier molecular flexibility index (Phi) is 7.05. The molecule has 0 radical (unpaired) electrons. The summed E-state index contributed by atoms with van der Waals surface area (Å²) in [6, 6.07) is 13.8. The molecule has 1 aliphatic carbocycles. The van der Waals surface area contributed by atoms with E-state index in [9.17, 15) is 23.1 Å². The fourth-order valence-corrected chi connectivity index (χ4v) is 7.57. The second-order valence-corrected chi connectivity index (χ2v) is 13.5. The van der Waals surface area contributed by atoms with Crippen LogP contribution in [0.25, 0.3) is 11.1 Å². The van der Waals surface area contributed by atoms with Crippen molar-refractivity contribution in [2.75, 3.05) is 20.2 Å². The van der Waals surface area contributed by atoms with Gasteiger partial charge in [-0.15, -0.1) is 0 Å². The van der Waals surface area contributed by atoms with Crippen molar-refractivity contribution in [3.05, 3.63) is 48.5 Å². The lowest BCUT2D eigenvalue weighted by atomic mass is 9.76. The highest BCUT2D eigenvalue weighted by Gasteiger charge is 2.61. The summed E-state index contributed by atoms with van der Waals surface area (Å²) in [5.41, 5.74) is 0.680. The van der Waals surface area contributed by atoms with Gasteiger partial charge in [0.25, 0.3) is 0 Å². The smallest absolute Gasteiger partial charge is 0.410 e. The molecule has 200 valence electrons. The van der Waals surface area contributed by atoms with Gasteiger partial charge in [-0.1, -0.05) is 24.3 Å². The number of carbonyl (C=O) groups is 2. The summed E-state index contributed by atoms with van der Waals surface area (Å²) in [6.45, 7) is 6.26. The number of ether oxygens (including phenoxy) is 2. The predicted molar refractivity (Wildman–Crippen MR) is 139 cm³/mol. The van der Waals surface area contributed by atoms with E-state index in [0.29, 0.717) is 32.4 Å². The highest BCUT2D eigenvalue weighted by atomic mass is 32.2. The van der Waals surface area contributed by atoms with Gasteiger partial charge in [0.1, 0.15) is 11.4 Å². The zero-order valence-electron chi connectivity index (χ0n) is 21.8. The molecular weight excluding hydrogens is 494 g/mol. The van der Waals surface area contributed by atoms with Gasteiger partial charge >= 0.3 is 12.1 Å². The SMILES string of the molecule is COc1ccc(-c2ccc(S(=O)(=O)C3(C(=O)O)CCC4(CCN(C(=O)OC(C)(C)C)CC4)C3)cc2)cc1. The number of hydrogen-bond donors (Lipinski definition) is 1. The standard InChI is InChI=1S/C28H35NO7S/c1-26(2,3)36-25(32)29-17-15-27(16-18-29)13-14-28(19-27,24(30)31)37(33,34)23-11-7-21(8-12-23)20-5-9-22(35-4)10-6-20/h5-12H,13-19H2,1-4H3,(H,30,31). The molecular formula is C28H35NO7S. The quantitative estimate of drug-likeness (QED) is 0.570. The van der Waals surface area contributed by atoms with E-state index in [1.807, 2.05) is 45.0 Å². The Morgan fingerprint density at radius 2 is 1.43 bits per heavy atom. The average molecular weight is 530 g/mol. The monoisotopic (exact) mass is 529 g/mol. The first kappa shape index (κ1) is 27.0. The molecule has 2 aromatic carbocycles. The van der Waals surface area contributed by atoms with Gasteiger partial charge in [0, 0.05) is 13.1 Å². The van der Waals surface area contributed by atoms with E-state index in [-0.39, 0.29) is 17.7 Å². The number of benzene rings is 2. The molecule has 37 heavy (non-hydrogen) atoms. The van der Waals surface area contributed by atoms with Crippen LogP contribution in [0.3, 0.4) is 0 Å². The van der Waals surface area contributed by atoms with Crippen LogP contribution >= 0.6 is 0 Å². The third-order valence-electron chi connectivity index (χ3n) is 7.69. The summed E-state index contributed by atoms with van der Waals surface area (Å²) in [6.07, 6.45) is 1.29. The second kappa shape index (κ2) is 9.67. The van der Waals surface area contributed by atoms with Crippen molar-refractivity contribution >= 4 is 21.9 Å². The highest BCUT2D eigenvalue weighted by molar-refractivity contribution is 7.93. The molecule has 1 unspecified atom stereocenters. The number of carbonyl (C=O) groups excluding carboxylic acids is 1. The van der Waals surface area contributed by atoms with Crippen LogP contribution in [0.15, 0.2) is 53.4 Å². The molecule has 1 spiro atoms. The lowest BCUT2D eigenvalue weighted by Gasteiger charge is -2.40. The first-order valence-corrected chi connectivity index (χ1v) is 14.0. The molecule has 1 amide bonds. The van der Waals surface area contributed by atoms with E-state index in [1.54, 1.807) is 24.1 Å². The molecule has 4 rings (SSSR count). The van der Waals surface area contributed by atoms with Crippen molar-refractivity contribution in [3.63, 3.8) is 0 Å². The Hall–Kier alpha value is -3.07. The number of likely N-dealkylation sites (tertiary alicyclic amines) is 1. The molecule has 1 N–H and O–H groups in total. The van der Waals surface area contributed by atoms with Crippen LogP contribution in [0, 0.1) is 5.41 Å². The van der Waals surface area contributed by atoms with Crippen LogP contribution in [0.1, 0.15) is 52.9 Å². The van der Waals surface area contributed by atoms with E-state index >= 15 is 0 Å². The van der Waals surface area contributed by atoms with E-state index in [2.05, 4.69) is 0 Å². The number of sulfone groups is 1. The summed E-state index contributed by atoms with van der Waals surface area (Å²) < 4.78 is 36.4. The number of hydrogen-bond acceptors (Lipinski definition) is 6.